The minimum atomic E-state index is -0.190. The minimum absolute atomic E-state index is 0.0939. The molecular formula is C29H45N5O3. The third-order valence-corrected chi connectivity index (χ3v) is 8.07. The van der Waals surface area contributed by atoms with Crippen LogP contribution in [-0.2, 0) is 11.2 Å². The zero-order valence-electron chi connectivity index (χ0n) is 23.2. The van der Waals surface area contributed by atoms with Gasteiger partial charge in [-0.3, -0.25) is 4.79 Å². The molecule has 2 aliphatic rings. The highest BCUT2D eigenvalue weighted by Crippen LogP contribution is 2.38. The molecule has 2 aromatic rings. The van der Waals surface area contributed by atoms with Crippen LogP contribution < -0.4 is 4.74 Å². The molecule has 1 atom stereocenters. The molecule has 1 saturated carbocycles. The number of fused-ring (bicyclic) bond motifs is 1. The molecule has 0 radical (unpaired) electrons. The molecule has 8 nitrogen and oxygen atoms in total. The number of hydrogen-bond donors (Lipinski definition) is 1. The first-order valence-corrected chi connectivity index (χ1v) is 14.3. The first-order chi connectivity index (χ1) is 17.8. The van der Waals surface area contributed by atoms with Crippen molar-refractivity contribution < 1.29 is 14.6 Å². The van der Waals surface area contributed by atoms with E-state index in [1.807, 2.05) is 12.4 Å². The lowest BCUT2D eigenvalue weighted by atomic mass is 9.82. The van der Waals surface area contributed by atoms with Gasteiger partial charge in [-0.15, -0.1) is 0 Å². The number of aromatic nitrogens is 3. The molecule has 1 aliphatic carbocycles. The van der Waals surface area contributed by atoms with E-state index in [4.69, 9.17) is 19.7 Å². The quantitative estimate of drug-likeness (QED) is 0.507. The predicted molar refractivity (Wildman–Crippen MR) is 146 cm³/mol. The van der Waals surface area contributed by atoms with E-state index < -0.39 is 0 Å². The van der Waals surface area contributed by atoms with E-state index in [2.05, 4.69) is 18.7 Å². The van der Waals surface area contributed by atoms with Gasteiger partial charge in [0.15, 0.2) is 0 Å². The Morgan fingerprint density at radius 3 is 2.54 bits per heavy atom. The van der Waals surface area contributed by atoms with Gasteiger partial charge in [-0.25, -0.2) is 15.0 Å². The summed E-state index contributed by atoms with van der Waals surface area (Å²) in [7, 11) is 3.61. The normalized spacial score (nSPS) is 22.2. The van der Waals surface area contributed by atoms with Crippen molar-refractivity contribution in [2.75, 3.05) is 33.7 Å². The number of carbonyl (C=O) groups excluding carboxylic acids is 1. The summed E-state index contributed by atoms with van der Waals surface area (Å²) >= 11 is 0. The van der Waals surface area contributed by atoms with Crippen LogP contribution in [0.15, 0.2) is 12.4 Å². The summed E-state index contributed by atoms with van der Waals surface area (Å²) in [5, 5.41) is 10.9. The zero-order valence-corrected chi connectivity index (χ0v) is 23.2. The van der Waals surface area contributed by atoms with E-state index in [0.717, 1.165) is 87.7 Å². The number of aliphatic hydroxyl groups excluding tert-OH is 1. The highest BCUT2D eigenvalue weighted by Gasteiger charge is 2.27. The molecule has 37 heavy (non-hydrogen) atoms. The van der Waals surface area contributed by atoms with Crippen LogP contribution in [0.3, 0.4) is 0 Å². The Balaban J connectivity index is 1.49. The Bertz CT molecular complexity index is 1030. The number of hydrogen-bond acceptors (Lipinski definition) is 7. The highest BCUT2D eigenvalue weighted by atomic mass is 16.5. The van der Waals surface area contributed by atoms with Crippen molar-refractivity contribution in [2.24, 2.45) is 5.92 Å². The fourth-order valence-corrected chi connectivity index (χ4v) is 5.72. The second-order valence-corrected chi connectivity index (χ2v) is 11.4. The van der Waals surface area contributed by atoms with Crippen molar-refractivity contribution in [3.05, 3.63) is 23.8 Å². The van der Waals surface area contributed by atoms with Crippen LogP contribution in [0.5, 0.6) is 5.88 Å². The van der Waals surface area contributed by atoms with Gasteiger partial charge >= 0.3 is 0 Å². The Hall–Kier alpha value is -2.32. The fourth-order valence-electron chi connectivity index (χ4n) is 5.72. The average molecular weight is 512 g/mol. The molecule has 1 N–H and O–H groups in total. The lowest BCUT2D eigenvalue weighted by Gasteiger charge is -2.32. The second kappa shape index (κ2) is 13.0. The molecule has 2 aromatic heterocycles. The van der Waals surface area contributed by atoms with Crippen LogP contribution in [0.2, 0.25) is 0 Å². The van der Waals surface area contributed by atoms with E-state index in [-0.39, 0.29) is 18.1 Å². The van der Waals surface area contributed by atoms with Gasteiger partial charge in [0.1, 0.15) is 11.9 Å². The molecule has 204 valence electrons. The van der Waals surface area contributed by atoms with Gasteiger partial charge in [-0.05, 0) is 50.4 Å². The van der Waals surface area contributed by atoms with Crippen molar-refractivity contribution in [3.63, 3.8) is 0 Å². The third kappa shape index (κ3) is 7.38. The summed E-state index contributed by atoms with van der Waals surface area (Å²) < 4.78 is 6.47. The van der Waals surface area contributed by atoms with Crippen LogP contribution >= 0.6 is 0 Å². The Kier molecular flexibility index (Phi) is 9.71. The summed E-state index contributed by atoms with van der Waals surface area (Å²) in [4.78, 5) is 30.5. The maximum atomic E-state index is 11.9. The van der Waals surface area contributed by atoms with Crippen LogP contribution in [0.25, 0.3) is 10.9 Å². The average Bonchev–Trinajstić information content (AvgIpc) is 2.89. The molecule has 4 rings (SSSR count). The predicted octanol–water partition coefficient (Wildman–Crippen LogP) is 4.34. The summed E-state index contributed by atoms with van der Waals surface area (Å²) in [6, 6.07) is 0. The monoisotopic (exact) mass is 511 g/mol. The Morgan fingerprint density at radius 1 is 1.14 bits per heavy atom. The standard InChI is InChI=1S/C29H45N5O3/c1-5-6-20(2)17-26-30-19-25-28(32-26)24(21-7-9-22(35)10-8-21)18-31-29(25)37-23-11-14-34(15-12-23)16-13-27(36)33(3)4/h18-23,35H,5-17H2,1-4H3. The van der Waals surface area contributed by atoms with Gasteiger partial charge in [-0.1, -0.05) is 26.7 Å². The molecule has 0 aromatic carbocycles. The number of pyridine rings is 1. The van der Waals surface area contributed by atoms with Gasteiger partial charge in [0, 0.05) is 64.5 Å². The first kappa shape index (κ1) is 27.7. The third-order valence-electron chi connectivity index (χ3n) is 8.07. The number of likely N-dealkylation sites (tertiary alicyclic amines) is 1. The largest absolute Gasteiger partial charge is 0.474 e. The van der Waals surface area contributed by atoms with E-state index in [1.165, 1.54) is 12.0 Å². The Morgan fingerprint density at radius 2 is 1.86 bits per heavy atom. The molecule has 1 unspecified atom stereocenters. The molecule has 1 amide bonds. The van der Waals surface area contributed by atoms with E-state index in [0.29, 0.717) is 24.1 Å². The number of amides is 1. The maximum absolute atomic E-state index is 11.9. The lowest BCUT2D eigenvalue weighted by Crippen LogP contribution is -2.40. The Labute approximate surface area is 221 Å². The van der Waals surface area contributed by atoms with Crippen molar-refractivity contribution in [3.8, 4) is 5.88 Å². The van der Waals surface area contributed by atoms with E-state index in [9.17, 15) is 9.90 Å². The van der Waals surface area contributed by atoms with Crippen molar-refractivity contribution in [2.45, 2.75) is 96.2 Å². The molecule has 8 heteroatoms. The SMILES string of the molecule is CCCC(C)Cc1ncc2c(OC3CCN(CCC(=O)N(C)C)CC3)ncc(C3CCC(O)CC3)c2n1. The highest BCUT2D eigenvalue weighted by molar-refractivity contribution is 5.85. The van der Waals surface area contributed by atoms with Gasteiger partial charge in [0.2, 0.25) is 11.8 Å². The fraction of sp³-hybridized carbons (Fsp3) is 0.724. The van der Waals surface area contributed by atoms with Crippen LogP contribution in [0, 0.1) is 5.92 Å². The molecule has 2 fully saturated rings. The number of piperidine rings is 1. The van der Waals surface area contributed by atoms with Crippen molar-refractivity contribution in [1.82, 2.24) is 24.8 Å². The second-order valence-electron chi connectivity index (χ2n) is 11.4. The lowest BCUT2D eigenvalue weighted by molar-refractivity contribution is -0.129. The molecule has 1 aliphatic heterocycles. The zero-order chi connectivity index (χ0) is 26.4. The van der Waals surface area contributed by atoms with Gasteiger partial charge in [0.05, 0.1) is 17.0 Å². The minimum Gasteiger partial charge on any atom is -0.474 e. The van der Waals surface area contributed by atoms with E-state index in [1.54, 1.807) is 19.0 Å². The maximum Gasteiger partial charge on any atom is 0.224 e. The summed E-state index contributed by atoms with van der Waals surface area (Å²) in [5.41, 5.74) is 2.14. The number of rotatable bonds is 10. The number of nitrogens with zero attached hydrogens (tertiary/aromatic N) is 5. The summed E-state index contributed by atoms with van der Waals surface area (Å²) in [6.45, 7) is 7.12. The van der Waals surface area contributed by atoms with Crippen molar-refractivity contribution in [1.29, 1.82) is 0 Å². The van der Waals surface area contributed by atoms with Crippen LogP contribution in [0.1, 0.15) is 88.9 Å². The van der Waals surface area contributed by atoms with E-state index >= 15 is 0 Å². The van der Waals surface area contributed by atoms with Crippen LogP contribution in [0.4, 0.5) is 0 Å². The van der Waals surface area contributed by atoms with Gasteiger partial charge in [0.25, 0.3) is 0 Å². The topological polar surface area (TPSA) is 91.7 Å². The summed E-state index contributed by atoms with van der Waals surface area (Å²) in [6.07, 6.45) is 12.9. The number of ether oxygens (including phenoxy) is 1. The van der Waals surface area contributed by atoms with Gasteiger partial charge in [-0.2, -0.15) is 0 Å². The summed E-state index contributed by atoms with van der Waals surface area (Å²) in [5.74, 6) is 2.60. The molecular weight excluding hydrogens is 466 g/mol. The number of aliphatic hydroxyl groups is 1. The smallest absolute Gasteiger partial charge is 0.224 e. The number of carbonyl (C=O) groups is 1. The molecule has 0 bridgehead atoms. The van der Waals surface area contributed by atoms with Crippen molar-refractivity contribution >= 4 is 16.8 Å². The molecule has 3 heterocycles. The van der Waals surface area contributed by atoms with Crippen LogP contribution in [-0.4, -0.2) is 81.7 Å². The molecule has 0 spiro atoms. The molecule has 1 saturated heterocycles. The first-order valence-electron chi connectivity index (χ1n) is 14.3. The van der Waals surface area contributed by atoms with Gasteiger partial charge < -0.3 is 19.6 Å².